The summed E-state index contributed by atoms with van der Waals surface area (Å²) < 4.78 is 5.24. The molecule has 0 bridgehead atoms. The van der Waals surface area contributed by atoms with Gasteiger partial charge in [-0.05, 0) is 26.3 Å². The number of H-pyrrole nitrogens is 1. The number of nitrogens with one attached hydrogen (secondary N) is 1. The summed E-state index contributed by atoms with van der Waals surface area (Å²) in [4.78, 5) is 10.6. The Balaban J connectivity index is 1.88. The maximum absolute atomic E-state index is 5.24. The first-order valence-corrected chi connectivity index (χ1v) is 6.47. The van der Waals surface area contributed by atoms with Crippen LogP contribution in [-0.4, -0.2) is 34.6 Å². The van der Waals surface area contributed by atoms with Crippen LogP contribution in [-0.2, 0) is 13.0 Å². The van der Waals surface area contributed by atoms with Gasteiger partial charge in [-0.1, -0.05) is 0 Å². The number of pyridine rings is 1. The zero-order valence-electron chi connectivity index (χ0n) is 10.8. The Bertz CT molecular complexity index is 627. The van der Waals surface area contributed by atoms with E-state index in [4.69, 9.17) is 4.74 Å². The number of ether oxygens (including phenoxy) is 1. The lowest BCUT2D eigenvalue weighted by atomic mass is 9.97. The van der Waals surface area contributed by atoms with E-state index in [2.05, 4.69) is 21.9 Å². The molecular formula is C14H17N3O. The van der Waals surface area contributed by atoms with Crippen LogP contribution in [0.15, 0.2) is 12.3 Å². The number of aromatic amines is 1. The van der Waals surface area contributed by atoms with Gasteiger partial charge in [-0.25, -0.2) is 0 Å². The quantitative estimate of drug-likeness (QED) is 0.834. The van der Waals surface area contributed by atoms with E-state index in [9.17, 15) is 0 Å². The van der Waals surface area contributed by atoms with Crippen LogP contribution >= 0.6 is 0 Å². The highest BCUT2D eigenvalue weighted by atomic mass is 16.5. The Morgan fingerprint density at radius 2 is 2.28 bits per heavy atom. The molecule has 18 heavy (non-hydrogen) atoms. The second kappa shape index (κ2) is 3.26. The number of hydrogen-bond acceptors (Lipinski definition) is 3. The molecular weight excluding hydrogens is 226 g/mol. The highest BCUT2D eigenvalue weighted by molar-refractivity contribution is 5.82. The first-order chi connectivity index (χ1) is 8.72. The number of methoxy groups -OCH3 is 1. The van der Waals surface area contributed by atoms with Crippen LogP contribution in [0.4, 0.5) is 0 Å². The summed E-state index contributed by atoms with van der Waals surface area (Å²) in [7, 11) is 3.91. The second-order valence-electron chi connectivity index (χ2n) is 5.61. The van der Waals surface area contributed by atoms with Crippen molar-refractivity contribution in [3.8, 4) is 5.75 Å². The van der Waals surface area contributed by atoms with E-state index in [1.165, 1.54) is 24.1 Å². The van der Waals surface area contributed by atoms with Crippen molar-refractivity contribution in [3.63, 3.8) is 0 Å². The third-order valence-electron chi connectivity index (χ3n) is 4.57. The molecule has 4 heteroatoms. The third-order valence-corrected chi connectivity index (χ3v) is 4.57. The van der Waals surface area contributed by atoms with Gasteiger partial charge in [0, 0.05) is 29.4 Å². The van der Waals surface area contributed by atoms with Crippen LogP contribution in [0.25, 0.3) is 11.0 Å². The minimum absolute atomic E-state index is 0.434. The Morgan fingerprint density at radius 1 is 1.44 bits per heavy atom. The van der Waals surface area contributed by atoms with Crippen LogP contribution in [0.2, 0.25) is 0 Å². The highest BCUT2D eigenvalue weighted by Gasteiger charge is 2.49. The molecule has 0 unspecified atom stereocenters. The van der Waals surface area contributed by atoms with E-state index >= 15 is 0 Å². The highest BCUT2D eigenvalue weighted by Crippen LogP contribution is 2.48. The molecule has 0 saturated heterocycles. The van der Waals surface area contributed by atoms with Crippen LogP contribution in [0, 0.1) is 0 Å². The number of rotatable bonds is 1. The first-order valence-electron chi connectivity index (χ1n) is 6.47. The van der Waals surface area contributed by atoms with Crippen LogP contribution < -0.4 is 4.74 Å². The molecule has 0 atom stereocenters. The lowest BCUT2D eigenvalue weighted by Gasteiger charge is -2.32. The molecule has 3 heterocycles. The fraction of sp³-hybridized carbons (Fsp3) is 0.500. The predicted molar refractivity (Wildman–Crippen MR) is 69.8 cm³/mol. The summed E-state index contributed by atoms with van der Waals surface area (Å²) in [6, 6.07) is 2.04. The molecule has 0 radical (unpaired) electrons. The van der Waals surface area contributed by atoms with Crippen LogP contribution in [0.1, 0.15) is 24.1 Å². The maximum atomic E-state index is 5.24. The van der Waals surface area contributed by atoms with Crippen molar-refractivity contribution < 1.29 is 4.74 Å². The van der Waals surface area contributed by atoms with Crippen molar-refractivity contribution in [1.82, 2.24) is 14.9 Å². The standard InChI is InChI=1S/C14H17N3O/c1-17-8-12-10(6-14(17)3-4-14)13-11(16-12)5-9(18-2)7-15-13/h5,7,16H,3-4,6,8H2,1-2H3. The summed E-state index contributed by atoms with van der Waals surface area (Å²) in [5, 5.41) is 0. The van der Waals surface area contributed by atoms with Gasteiger partial charge < -0.3 is 9.72 Å². The molecule has 2 aliphatic rings. The first kappa shape index (κ1) is 10.4. The Morgan fingerprint density at radius 3 is 3.00 bits per heavy atom. The number of likely N-dealkylation sites (N-methyl/N-ethyl adjacent to an activating group) is 1. The van der Waals surface area contributed by atoms with Gasteiger partial charge in [0.15, 0.2) is 0 Å². The molecule has 0 amide bonds. The molecule has 1 N–H and O–H groups in total. The average molecular weight is 243 g/mol. The summed E-state index contributed by atoms with van der Waals surface area (Å²) >= 11 is 0. The average Bonchev–Trinajstić information content (AvgIpc) is 3.07. The minimum Gasteiger partial charge on any atom is -0.495 e. The van der Waals surface area contributed by atoms with Crippen molar-refractivity contribution in [2.75, 3.05) is 14.2 Å². The molecule has 2 aromatic rings. The summed E-state index contributed by atoms with van der Waals surface area (Å²) in [5.74, 6) is 0.815. The van der Waals surface area contributed by atoms with Crippen molar-refractivity contribution in [2.24, 2.45) is 0 Å². The van der Waals surface area contributed by atoms with Crippen LogP contribution in [0.3, 0.4) is 0 Å². The monoisotopic (exact) mass is 243 g/mol. The number of nitrogens with zero attached hydrogens (tertiary/aromatic N) is 2. The van der Waals surface area contributed by atoms with Crippen LogP contribution in [0.5, 0.6) is 5.75 Å². The largest absolute Gasteiger partial charge is 0.495 e. The molecule has 4 rings (SSSR count). The van der Waals surface area contributed by atoms with Crippen molar-refractivity contribution in [3.05, 3.63) is 23.5 Å². The van der Waals surface area contributed by atoms with E-state index in [0.717, 1.165) is 29.7 Å². The van der Waals surface area contributed by atoms with E-state index in [1.807, 2.05) is 12.3 Å². The predicted octanol–water partition coefficient (Wildman–Crippen LogP) is 2.09. The van der Waals surface area contributed by atoms with E-state index in [1.54, 1.807) is 7.11 Å². The Labute approximate surface area is 106 Å². The SMILES string of the molecule is COc1cnc2c3c([nH]c2c1)CN(C)C1(CC1)C3. The van der Waals surface area contributed by atoms with Gasteiger partial charge in [-0.3, -0.25) is 9.88 Å². The summed E-state index contributed by atoms with van der Waals surface area (Å²) in [5.41, 5.74) is 5.41. The lowest BCUT2D eigenvalue weighted by molar-refractivity contribution is 0.193. The molecule has 1 spiro atoms. The zero-order valence-corrected chi connectivity index (χ0v) is 10.8. The molecule has 1 aliphatic heterocycles. The normalized spacial score (nSPS) is 21.2. The molecule has 94 valence electrons. The molecule has 1 saturated carbocycles. The van der Waals surface area contributed by atoms with Gasteiger partial charge in [0.1, 0.15) is 5.75 Å². The minimum atomic E-state index is 0.434. The van der Waals surface area contributed by atoms with E-state index < -0.39 is 0 Å². The van der Waals surface area contributed by atoms with Gasteiger partial charge in [-0.15, -0.1) is 0 Å². The summed E-state index contributed by atoms with van der Waals surface area (Å²) in [6.45, 7) is 1.01. The third kappa shape index (κ3) is 1.27. The molecule has 1 aliphatic carbocycles. The topological polar surface area (TPSA) is 41.1 Å². The number of aromatic nitrogens is 2. The van der Waals surface area contributed by atoms with Crippen molar-refractivity contribution in [1.29, 1.82) is 0 Å². The molecule has 1 fully saturated rings. The Kier molecular flexibility index (Phi) is 1.88. The maximum Gasteiger partial charge on any atom is 0.139 e. The molecule has 2 aromatic heterocycles. The van der Waals surface area contributed by atoms with E-state index in [0.29, 0.717) is 5.54 Å². The van der Waals surface area contributed by atoms with Crippen molar-refractivity contribution in [2.45, 2.75) is 31.3 Å². The zero-order chi connectivity index (χ0) is 12.3. The fourth-order valence-corrected chi connectivity index (χ4v) is 3.17. The smallest absolute Gasteiger partial charge is 0.139 e. The van der Waals surface area contributed by atoms with Gasteiger partial charge in [0.25, 0.3) is 0 Å². The molecule has 0 aromatic carbocycles. The molecule has 4 nitrogen and oxygen atoms in total. The van der Waals surface area contributed by atoms with E-state index in [-0.39, 0.29) is 0 Å². The van der Waals surface area contributed by atoms with Gasteiger partial charge >= 0.3 is 0 Å². The number of hydrogen-bond donors (Lipinski definition) is 1. The van der Waals surface area contributed by atoms with Gasteiger partial charge in [0.05, 0.1) is 24.3 Å². The lowest BCUT2D eigenvalue weighted by Crippen LogP contribution is -2.39. The number of fused-ring (bicyclic) bond motifs is 3. The fourth-order valence-electron chi connectivity index (χ4n) is 3.17. The van der Waals surface area contributed by atoms with Gasteiger partial charge in [-0.2, -0.15) is 0 Å². The van der Waals surface area contributed by atoms with Crippen molar-refractivity contribution >= 4 is 11.0 Å². The second-order valence-corrected chi connectivity index (χ2v) is 5.61. The Hall–Kier alpha value is -1.55. The van der Waals surface area contributed by atoms with Gasteiger partial charge in [0.2, 0.25) is 0 Å². The summed E-state index contributed by atoms with van der Waals surface area (Å²) in [6.07, 6.45) is 5.60.